The van der Waals surface area contributed by atoms with Gasteiger partial charge in [-0.2, -0.15) is 0 Å². The Balaban J connectivity index is 1.82. The number of esters is 1. The van der Waals surface area contributed by atoms with E-state index in [4.69, 9.17) is 14.5 Å². The third kappa shape index (κ3) is 4.29. The second kappa shape index (κ2) is 8.12. The number of methoxy groups -OCH3 is 1. The standard InChI is InChI=1S/C27H31NO4/c1-7-31-21-14-19-15-26(2,3)28-24(23(19)20-16-27(4,5)32-25(20)21)18-11-8-17(9-12-18)10-13-22(29)30-6/h8-14H,7,15-16H2,1-6H3/b13-10+. The van der Waals surface area contributed by atoms with Crippen LogP contribution in [0.25, 0.3) is 6.08 Å². The van der Waals surface area contributed by atoms with Gasteiger partial charge >= 0.3 is 5.97 Å². The molecule has 2 aliphatic heterocycles. The number of ether oxygens (including phenoxy) is 3. The van der Waals surface area contributed by atoms with Crippen LogP contribution in [0.15, 0.2) is 41.4 Å². The summed E-state index contributed by atoms with van der Waals surface area (Å²) in [4.78, 5) is 16.6. The number of carbonyl (C=O) groups is 1. The number of carbonyl (C=O) groups excluding carboxylic acids is 1. The third-order valence-electron chi connectivity index (χ3n) is 5.78. The maximum atomic E-state index is 11.4. The van der Waals surface area contributed by atoms with Crippen molar-refractivity contribution in [2.24, 2.45) is 4.99 Å². The zero-order valence-electron chi connectivity index (χ0n) is 19.7. The van der Waals surface area contributed by atoms with Crippen LogP contribution in [0.3, 0.4) is 0 Å². The molecule has 0 atom stereocenters. The zero-order chi connectivity index (χ0) is 23.1. The summed E-state index contributed by atoms with van der Waals surface area (Å²) in [5.74, 6) is 1.30. The van der Waals surface area contributed by atoms with E-state index >= 15 is 0 Å². The molecule has 0 unspecified atom stereocenters. The van der Waals surface area contributed by atoms with Crippen LogP contribution in [0.1, 0.15) is 62.4 Å². The largest absolute Gasteiger partial charge is 0.490 e. The molecule has 2 aromatic carbocycles. The van der Waals surface area contributed by atoms with Crippen LogP contribution in [-0.2, 0) is 22.4 Å². The van der Waals surface area contributed by atoms with Gasteiger partial charge in [0.2, 0.25) is 0 Å². The average molecular weight is 434 g/mol. The van der Waals surface area contributed by atoms with Crippen molar-refractivity contribution in [3.8, 4) is 11.5 Å². The van der Waals surface area contributed by atoms with E-state index in [0.717, 1.165) is 41.2 Å². The second-order valence-electron chi connectivity index (χ2n) is 9.62. The van der Waals surface area contributed by atoms with E-state index in [1.165, 1.54) is 29.9 Å². The summed E-state index contributed by atoms with van der Waals surface area (Å²) >= 11 is 0. The summed E-state index contributed by atoms with van der Waals surface area (Å²) in [7, 11) is 1.37. The summed E-state index contributed by atoms with van der Waals surface area (Å²) in [5.41, 5.74) is 6.05. The average Bonchev–Trinajstić information content (AvgIpc) is 3.06. The Hall–Kier alpha value is -3.08. The Morgan fingerprint density at radius 1 is 1.16 bits per heavy atom. The molecule has 0 fully saturated rings. The summed E-state index contributed by atoms with van der Waals surface area (Å²) in [6.45, 7) is 11.1. The summed E-state index contributed by atoms with van der Waals surface area (Å²) in [6, 6.07) is 10.3. The van der Waals surface area contributed by atoms with Crippen LogP contribution in [0.2, 0.25) is 0 Å². The smallest absolute Gasteiger partial charge is 0.330 e. The van der Waals surface area contributed by atoms with Crippen molar-refractivity contribution in [2.75, 3.05) is 13.7 Å². The van der Waals surface area contributed by atoms with E-state index in [-0.39, 0.29) is 17.1 Å². The van der Waals surface area contributed by atoms with Crippen molar-refractivity contribution in [1.29, 1.82) is 0 Å². The molecule has 0 saturated heterocycles. The summed E-state index contributed by atoms with van der Waals surface area (Å²) in [5, 5.41) is 0. The highest BCUT2D eigenvalue weighted by Crippen LogP contribution is 2.48. The molecule has 0 N–H and O–H groups in total. The lowest BCUT2D eigenvalue weighted by atomic mass is 9.81. The normalized spacial score (nSPS) is 17.9. The molecule has 2 heterocycles. The first-order chi connectivity index (χ1) is 15.1. The Labute approximate surface area is 190 Å². The minimum absolute atomic E-state index is 0.224. The molecule has 0 aromatic heterocycles. The fourth-order valence-corrected chi connectivity index (χ4v) is 4.53. The van der Waals surface area contributed by atoms with Crippen LogP contribution in [0.4, 0.5) is 0 Å². The van der Waals surface area contributed by atoms with Gasteiger partial charge in [0, 0.05) is 29.2 Å². The highest BCUT2D eigenvalue weighted by molar-refractivity contribution is 6.16. The van der Waals surface area contributed by atoms with Gasteiger partial charge in [0.05, 0.1) is 25.0 Å². The Kier molecular flexibility index (Phi) is 5.61. The maximum absolute atomic E-state index is 11.4. The van der Waals surface area contributed by atoms with Gasteiger partial charge in [-0.05, 0) is 64.3 Å². The number of hydrogen-bond acceptors (Lipinski definition) is 5. The molecular formula is C27H31NO4. The van der Waals surface area contributed by atoms with Crippen LogP contribution in [-0.4, -0.2) is 36.5 Å². The number of benzene rings is 2. The van der Waals surface area contributed by atoms with Gasteiger partial charge in [0.1, 0.15) is 5.60 Å². The Morgan fingerprint density at radius 2 is 1.88 bits per heavy atom. The molecule has 4 rings (SSSR count). The van der Waals surface area contributed by atoms with Gasteiger partial charge in [0.15, 0.2) is 11.5 Å². The molecule has 0 aliphatic carbocycles. The molecule has 0 bridgehead atoms. The van der Waals surface area contributed by atoms with E-state index in [9.17, 15) is 4.79 Å². The van der Waals surface area contributed by atoms with Crippen molar-refractivity contribution in [3.63, 3.8) is 0 Å². The monoisotopic (exact) mass is 433 g/mol. The van der Waals surface area contributed by atoms with Crippen molar-refractivity contribution < 1.29 is 19.0 Å². The van der Waals surface area contributed by atoms with E-state index < -0.39 is 0 Å². The van der Waals surface area contributed by atoms with E-state index in [0.29, 0.717) is 6.61 Å². The third-order valence-corrected chi connectivity index (χ3v) is 5.78. The van der Waals surface area contributed by atoms with Gasteiger partial charge in [-0.15, -0.1) is 0 Å². The summed E-state index contributed by atoms with van der Waals surface area (Å²) < 4.78 is 17.0. The number of aliphatic imine (C=N–C) groups is 1. The van der Waals surface area contributed by atoms with Crippen LogP contribution < -0.4 is 9.47 Å². The fourth-order valence-electron chi connectivity index (χ4n) is 4.53. The molecule has 0 amide bonds. The molecule has 5 heteroatoms. The Morgan fingerprint density at radius 3 is 2.53 bits per heavy atom. The van der Waals surface area contributed by atoms with Gasteiger partial charge in [-0.3, -0.25) is 4.99 Å². The lowest BCUT2D eigenvalue weighted by molar-refractivity contribution is -0.134. The van der Waals surface area contributed by atoms with Gasteiger partial charge in [-0.1, -0.05) is 24.3 Å². The molecule has 2 aromatic rings. The molecule has 168 valence electrons. The SMILES string of the molecule is CCOc1cc2c(c3c1OC(C)(C)C3)C(c1ccc(/C=C/C(=O)OC)cc1)=NC(C)(C)C2. The molecule has 5 nitrogen and oxygen atoms in total. The number of fused-ring (bicyclic) bond motifs is 3. The fraction of sp³-hybridized carbons (Fsp3) is 0.407. The number of rotatable bonds is 5. The molecule has 2 aliphatic rings. The van der Waals surface area contributed by atoms with Crippen molar-refractivity contribution in [1.82, 2.24) is 0 Å². The lowest BCUT2D eigenvalue weighted by Gasteiger charge is -2.31. The molecule has 0 saturated carbocycles. The lowest BCUT2D eigenvalue weighted by Crippen LogP contribution is -2.30. The predicted octanol–water partition coefficient (Wildman–Crippen LogP) is 5.16. The topological polar surface area (TPSA) is 57.1 Å². The molecule has 32 heavy (non-hydrogen) atoms. The van der Waals surface area contributed by atoms with Crippen LogP contribution >= 0.6 is 0 Å². The minimum Gasteiger partial charge on any atom is -0.490 e. The van der Waals surface area contributed by atoms with E-state index in [1.807, 2.05) is 19.1 Å². The maximum Gasteiger partial charge on any atom is 0.330 e. The van der Waals surface area contributed by atoms with Crippen molar-refractivity contribution in [2.45, 2.75) is 58.6 Å². The molecule has 0 spiro atoms. The van der Waals surface area contributed by atoms with Crippen LogP contribution in [0.5, 0.6) is 11.5 Å². The quantitative estimate of drug-likeness (QED) is 0.483. The minimum atomic E-state index is -0.371. The van der Waals surface area contributed by atoms with Crippen molar-refractivity contribution >= 4 is 17.8 Å². The first-order valence-electron chi connectivity index (χ1n) is 11.1. The first kappa shape index (κ1) is 22.1. The molecular weight excluding hydrogens is 402 g/mol. The Bertz CT molecular complexity index is 1110. The highest BCUT2D eigenvalue weighted by atomic mass is 16.5. The zero-order valence-corrected chi connectivity index (χ0v) is 19.7. The number of hydrogen-bond donors (Lipinski definition) is 0. The predicted molar refractivity (Wildman–Crippen MR) is 127 cm³/mol. The number of nitrogens with zero attached hydrogens (tertiary/aromatic N) is 1. The van der Waals surface area contributed by atoms with Gasteiger partial charge < -0.3 is 14.2 Å². The van der Waals surface area contributed by atoms with Gasteiger partial charge in [0.25, 0.3) is 0 Å². The first-order valence-corrected chi connectivity index (χ1v) is 11.1. The van der Waals surface area contributed by atoms with Crippen LogP contribution in [0, 0.1) is 0 Å². The summed E-state index contributed by atoms with van der Waals surface area (Å²) in [6.07, 6.45) is 4.83. The van der Waals surface area contributed by atoms with Gasteiger partial charge in [-0.25, -0.2) is 4.79 Å². The van der Waals surface area contributed by atoms with E-state index in [2.05, 4.69) is 50.6 Å². The van der Waals surface area contributed by atoms with E-state index in [1.54, 1.807) is 6.08 Å². The molecule has 0 radical (unpaired) electrons. The second-order valence-corrected chi connectivity index (χ2v) is 9.62. The van der Waals surface area contributed by atoms with Crippen molar-refractivity contribution in [3.05, 3.63) is 64.2 Å². The highest BCUT2D eigenvalue weighted by Gasteiger charge is 2.39.